The van der Waals surface area contributed by atoms with E-state index >= 15 is 0 Å². The molecule has 2 aromatic rings. The zero-order valence-electron chi connectivity index (χ0n) is 13.2. The third-order valence-electron chi connectivity index (χ3n) is 3.86. The lowest BCUT2D eigenvalue weighted by Gasteiger charge is -2.18. The van der Waals surface area contributed by atoms with Crippen LogP contribution >= 0.6 is 11.3 Å². The Morgan fingerprint density at radius 3 is 2.80 bits per heavy atom. The maximum atomic E-state index is 13.9. The molecule has 25 heavy (non-hydrogen) atoms. The van der Waals surface area contributed by atoms with Crippen molar-refractivity contribution in [2.45, 2.75) is 18.9 Å². The second kappa shape index (κ2) is 7.24. The Hall–Kier alpha value is -2.39. The minimum atomic E-state index is -0.842. The van der Waals surface area contributed by atoms with E-state index in [1.807, 2.05) is 0 Å². The number of carbonyl (C=O) groups is 2. The summed E-state index contributed by atoms with van der Waals surface area (Å²) >= 11 is 1.32. The number of carbonyl (C=O) groups excluding carboxylic acids is 2. The van der Waals surface area contributed by atoms with Gasteiger partial charge in [0.25, 0.3) is 5.91 Å². The van der Waals surface area contributed by atoms with E-state index in [0.717, 1.165) is 22.0 Å². The Morgan fingerprint density at radius 2 is 2.12 bits per heavy atom. The summed E-state index contributed by atoms with van der Waals surface area (Å²) in [5.41, 5.74) is 5.27. The van der Waals surface area contributed by atoms with Crippen LogP contribution in [0.1, 0.15) is 21.9 Å². The number of thiazole rings is 1. The summed E-state index contributed by atoms with van der Waals surface area (Å²) in [5, 5.41) is 4.90. The van der Waals surface area contributed by atoms with E-state index < -0.39 is 29.5 Å². The number of nitrogens with one attached hydrogen (secondary N) is 1. The SMILES string of the molecule is NCCc1nc(C(=O)NC2CCN(c3c(F)cccc3F)C2=O)cs1. The molecule has 1 saturated heterocycles. The highest BCUT2D eigenvalue weighted by atomic mass is 32.1. The summed E-state index contributed by atoms with van der Waals surface area (Å²) in [7, 11) is 0. The van der Waals surface area contributed by atoms with Crippen LogP contribution in [-0.2, 0) is 11.2 Å². The van der Waals surface area contributed by atoms with Crippen molar-refractivity contribution in [1.29, 1.82) is 0 Å². The molecule has 1 unspecified atom stereocenters. The molecule has 1 aromatic carbocycles. The summed E-state index contributed by atoms with van der Waals surface area (Å²) < 4.78 is 27.7. The highest BCUT2D eigenvalue weighted by molar-refractivity contribution is 7.09. The van der Waals surface area contributed by atoms with Gasteiger partial charge in [-0.2, -0.15) is 0 Å². The monoisotopic (exact) mass is 366 g/mol. The lowest BCUT2D eigenvalue weighted by molar-refractivity contribution is -0.118. The van der Waals surface area contributed by atoms with E-state index in [2.05, 4.69) is 10.3 Å². The van der Waals surface area contributed by atoms with Crippen LogP contribution in [0.5, 0.6) is 0 Å². The van der Waals surface area contributed by atoms with Crippen molar-refractivity contribution >= 4 is 28.8 Å². The molecule has 2 amide bonds. The molecule has 2 heterocycles. The fraction of sp³-hybridized carbons (Fsp3) is 0.312. The molecule has 3 N–H and O–H groups in total. The number of aromatic nitrogens is 1. The topological polar surface area (TPSA) is 88.3 Å². The molecule has 1 aromatic heterocycles. The molecule has 9 heteroatoms. The highest BCUT2D eigenvalue weighted by Gasteiger charge is 2.36. The van der Waals surface area contributed by atoms with E-state index in [-0.39, 0.29) is 24.3 Å². The number of amides is 2. The molecule has 1 fully saturated rings. The average Bonchev–Trinajstić information content (AvgIpc) is 3.17. The second-order valence-corrected chi connectivity index (χ2v) is 6.48. The zero-order chi connectivity index (χ0) is 18.0. The molecule has 1 aliphatic rings. The van der Waals surface area contributed by atoms with Gasteiger partial charge in [0, 0.05) is 18.3 Å². The largest absolute Gasteiger partial charge is 0.339 e. The lowest BCUT2D eigenvalue weighted by atomic mass is 10.2. The number of benzene rings is 1. The number of hydrogen-bond acceptors (Lipinski definition) is 5. The molecule has 0 aliphatic carbocycles. The Balaban J connectivity index is 1.70. The first-order valence-corrected chi connectivity index (χ1v) is 8.60. The fourth-order valence-corrected chi connectivity index (χ4v) is 3.46. The minimum Gasteiger partial charge on any atom is -0.339 e. The van der Waals surface area contributed by atoms with Crippen molar-refractivity contribution in [3.63, 3.8) is 0 Å². The van der Waals surface area contributed by atoms with E-state index in [1.54, 1.807) is 5.38 Å². The van der Waals surface area contributed by atoms with Crippen LogP contribution < -0.4 is 16.0 Å². The molecule has 3 rings (SSSR count). The summed E-state index contributed by atoms with van der Waals surface area (Å²) in [6.45, 7) is 0.552. The number of anilines is 1. The van der Waals surface area contributed by atoms with Gasteiger partial charge >= 0.3 is 0 Å². The van der Waals surface area contributed by atoms with Crippen molar-refractivity contribution in [3.05, 3.63) is 45.9 Å². The van der Waals surface area contributed by atoms with E-state index in [9.17, 15) is 18.4 Å². The van der Waals surface area contributed by atoms with Gasteiger partial charge in [-0.15, -0.1) is 11.3 Å². The zero-order valence-corrected chi connectivity index (χ0v) is 14.0. The van der Waals surface area contributed by atoms with Gasteiger partial charge in [0.05, 0.1) is 5.01 Å². The molecular formula is C16H16F2N4O2S. The first-order valence-electron chi connectivity index (χ1n) is 7.72. The van der Waals surface area contributed by atoms with Gasteiger partial charge in [0.2, 0.25) is 5.91 Å². The van der Waals surface area contributed by atoms with Crippen LogP contribution in [0.25, 0.3) is 0 Å². The smallest absolute Gasteiger partial charge is 0.271 e. The standard InChI is InChI=1S/C16H16F2N4O2S/c17-9-2-1-3-10(18)14(9)22-7-5-11(16(22)24)21-15(23)12-8-25-13(20-12)4-6-19/h1-3,8,11H,4-7,19H2,(H,21,23). The molecule has 1 atom stereocenters. The van der Waals surface area contributed by atoms with Crippen LogP contribution in [0.3, 0.4) is 0 Å². The summed E-state index contributed by atoms with van der Waals surface area (Å²) in [6.07, 6.45) is 0.832. The normalized spacial score (nSPS) is 17.2. The van der Waals surface area contributed by atoms with Crippen LogP contribution in [0, 0.1) is 11.6 Å². The Kier molecular flexibility index (Phi) is 5.05. The third kappa shape index (κ3) is 3.52. The van der Waals surface area contributed by atoms with Crippen LogP contribution in [0.4, 0.5) is 14.5 Å². The number of halogens is 2. The molecular weight excluding hydrogens is 350 g/mol. The van der Waals surface area contributed by atoms with Crippen molar-refractivity contribution < 1.29 is 18.4 Å². The van der Waals surface area contributed by atoms with Gasteiger partial charge in [-0.3, -0.25) is 9.59 Å². The second-order valence-electron chi connectivity index (χ2n) is 5.54. The first-order chi connectivity index (χ1) is 12.0. The molecule has 1 aliphatic heterocycles. The minimum absolute atomic E-state index is 0.122. The molecule has 0 saturated carbocycles. The number of nitrogens with zero attached hydrogens (tertiary/aromatic N) is 2. The summed E-state index contributed by atoms with van der Waals surface area (Å²) in [5.74, 6) is -2.67. The van der Waals surface area contributed by atoms with Crippen molar-refractivity contribution in [3.8, 4) is 0 Å². The number of para-hydroxylation sites is 1. The Bertz CT molecular complexity index is 791. The maximum Gasteiger partial charge on any atom is 0.271 e. The number of nitrogens with two attached hydrogens (primary N) is 1. The average molecular weight is 366 g/mol. The van der Waals surface area contributed by atoms with Crippen LogP contribution in [-0.4, -0.2) is 35.9 Å². The number of hydrogen-bond donors (Lipinski definition) is 2. The quantitative estimate of drug-likeness (QED) is 0.839. The first kappa shape index (κ1) is 17.4. The predicted octanol–water partition coefficient (Wildman–Crippen LogP) is 1.46. The van der Waals surface area contributed by atoms with Gasteiger partial charge in [-0.25, -0.2) is 13.8 Å². The highest BCUT2D eigenvalue weighted by Crippen LogP contribution is 2.27. The van der Waals surface area contributed by atoms with Crippen LogP contribution in [0.2, 0.25) is 0 Å². The summed E-state index contributed by atoms with van der Waals surface area (Å²) in [4.78, 5) is 29.8. The van der Waals surface area contributed by atoms with Crippen molar-refractivity contribution in [2.24, 2.45) is 5.73 Å². The van der Waals surface area contributed by atoms with Gasteiger partial charge in [-0.05, 0) is 25.1 Å². The number of rotatable bonds is 5. The van der Waals surface area contributed by atoms with E-state index in [4.69, 9.17) is 5.73 Å². The molecule has 0 spiro atoms. The van der Waals surface area contributed by atoms with Crippen LogP contribution in [0.15, 0.2) is 23.6 Å². The molecule has 0 bridgehead atoms. The lowest BCUT2D eigenvalue weighted by Crippen LogP contribution is -2.42. The summed E-state index contributed by atoms with van der Waals surface area (Å²) in [6, 6.07) is 2.57. The van der Waals surface area contributed by atoms with Gasteiger partial charge in [0.1, 0.15) is 29.1 Å². The van der Waals surface area contributed by atoms with E-state index in [0.29, 0.717) is 13.0 Å². The Morgan fingerprint density at radius 1 is 1.40 bits per heavy atom. The molecule has 6 nitrogen and oxygen atoms in total. The maximum absolute atomic E-state index is 13.9. The van der Waals surface area contributed by atoms with Crippen molar-refractivity contribution in [1.82, 2.24) is 10.3 Å². The third-order valence-corrected chi connectivity index (χ3v) is 4.77. The van der Waals surface area contributed by atoms with E-state index in [1.165, 1.54) is 17.4 Å². The molecule has 0 radical (unpaired) electrons. The predicted molar refractivity (Wildman–Crippen MR) is 89.5 cm³/mol. The van der Waals surface area contributed by atoms with Gasteiger partial charge in [0.15, 0.2) is 0 Å². The van der Waals surface area contributed by atoms with Gasteiger partial charge < -0.3 is 16.0 Å². The Labute approximate surface area is 146 Å². The van der Waals surface area contributed by atoms with Gasteiger partial charge in [-0.1, -0.05) is 6.07 Å². The fourth-order valence-electron chi connectivity index (χ4n) is 2.67. The van der Waals surface area contributed by atoms with Crippen molar-refractivity contribution in [2.75, 3.05) is 18.0 Å². The molecule has 132 valence electrons.